The average molecular weight is 233 g/mol. The maximum Gasteiger partial charge on any atom is 0.138 e. The summed E-state index contributed by atoms with van der Waals surface area (Å²) in [5.74, 6) is 0.887. The van der Waals surface area contributed by atoms with E-state index in [2.05, 4.69) is 34.9 Å². The molecule has 0 saturated carbocycles. The van der Waals surface area contributed by atoms with Gasteiger partial charge in [-0.25, -0.2) is 0 Å². The Labute approximate surface area is 102 Å². The third kappa shape index (κ3) is 2.25. The fraction of sp³-hybridized carbons (Fsp3) is 0.538. The molecule has 0 atom stereocenters. The molecule has 2 aromatic heterocycles. The first kappa shape index (κ1) is 11.9. The number of nitrogens with zero attached hydrogens (tertiary/aromatic N) is 3. The fourth-order valence-electron chi connectivity index (χ4n) is 1.99. The summed E-state index contributed by atoms with van der Waals surface area (Å²) in [6.45, 7) is 8.96. The van der Waals surface area contributed by atoms with Crippen LogP contribution >= 0.6 is 0 Å². The third-order valence-corrected chi connectivity index (χ3v) is 3.13. The molecule has 0 aromatic carbocycles. The van der Waals surface area contributed by atoms with E-state index >= 15 is 0 Å². The normalized spacial score (nSPS) is 11.1. The van der Waals surface area contributed by atoms with E-state index in [9.17, 15) is 0 Å². The maximum atomic E-state index is 5.18. The lowest BCUT2D eigenvalue weighted by atomic mass is 10.2. The van der Waals surface area contributed by atoms with Crippen LogP contribution in [0.4, 0.5) is 0 Å². The predicted molar refractivity (Wildman–Crippen MR) is 66.1 cm³/mol. The minimum Gasteiger partial charge on any atom is -0.361 e. The van der Waals surface area contributed by atoms with Gasteiger partial charge in [0.05, 0.1) is 17.9 Å². The zero-order valence-electron chi connectivity index (χ0n) is 10.9. The molecule has 0 unspecified atom stereocenters. The van der Waals surface area contributed by atoms with Gasteiger partial charge in [0.15, 0.2) is 0 Å². The van der Waals surface area contributed by atoms with Gasteiger partial charge in [-0.2, -0.15) is 5.10 Å². The van der Waals surface area contributed by atoms with Crippen molar-refractivity contribution in [3.8, 4) is 0 Å². The van der Waals surface area contributed by atoms with Crippen molar-refractivity contribution in [1.82, 2.24) is 14.9 Å². The van der Waals surface area contributed by atoms with Gasteiger partial charge >= 0.3 is 0 Å². The van der Waals surface area contributed by atoms with Crippen LogP contribution in [0.2, 0.25) is 0 Å². The number of hydrogen-bond donors (Lipinski definition) is 0. The predicted octanol–water partition coefficient (Wildman–Crippen LogP) is 2.66. The Balaban J connectivity index is 2.32. The Kier molecular flexibility index (Phi) is 3.31. The molecule has 2 rings (SSSR count). The summed E-state index contributed by atoms with van der Waals surface area (Å²) in [5, 5.41) is 8.58. The van der Waals surface area contributed by atoms with Crippen LogP contribution < -0.4 is 0 Å². The third-order valence-electron chi connectivity index (χ3n) is 3.13. The van der Waals surface area contributed by atoms with Gasteiger partial charge in [-0.05, 0) is 32.8 Å². The highest BCUT2D eigenvalue weighted by molar-refractivity contribution is 5.22. The second-order valence-corrected chi connectivity index (χ2v) is 4.29. The zero-order chi connectivity index (χ0) is 12.4. The van der Waals surface area contributed by atoms with E-state index in [1.54, 1.807) is 0 Å². The molecular weight excluding hydrogens is 214 g/mol. The van der Waals surface area contributed by atoms with Gasteiger partial charge in [-0.15, -0.1) is 0 Å². The molecule has 0 N–H and O–H groups in total. The standard InChI is InChI=1S/C13H19N3O/c1-5-11-7-12(6-2)16(14-11)8-13-9(3)15-17-10(13)4/h7H,5-6,8H2,1-4H3. The summed E-state index contributed by atoms with van der Waals surface area (Å²) in [6.07, 6.45) is 1.97. The highest BCUT2D eigenvalue weighted by Gasteiger charge is 2.12. The van der Waals surface area contributed by atoms with Crippen molar-refractivity contribution >= 4 is 0 Å². The molecule has 0 bridgehead atoms. The first-order valence-corrected chi connectivity index (χ1v) is 6.13. The van der Waals surface area contributed by atoms with Crippen molar-refractivity contribution in [2.45, 2.75) is 47.1 Å². The van der Waals surface area contributed by atoms with E-state index < -0.39 is 0 Å². The van der Waals surface area contributed by atoms with Crippen molar-refractivity contribution < 1.29 is 4.52 Å². The largest absolute Gasteiger partial charge is 0.361 e. The molecule has 92 valence electrons. The molecule has 0 aliphatic carbocycles. The summed E-state index contributed by atoms with van der Waals surface area (Å²) in [6, 6.07) is 2.18. The van der Waals surface area contributed by atoms with Crippen LogP contribution in [0.5, 0.6) is 0 Å². The minimum atomic E-state index is 0.754. The highest BCUT2D eigenvalue weighted by Crippen LogP contribution is 2.16. The molecule has 0 amide bonds. The lowest BCUT2D eigenvalue weighted by Crippen LogP contribution is -2.07. The zero-order valence-corrected chi connectivity index (χ0v) is 10.9. The van der Waals surface area contributed by atoms with E-state index in [-0.39, 0.29) is 0 Å². The number of hydrogen-bond acceptors (Lipinski definition) is 3. The van der Waals surface area contributed by atoms with Crippen LogP contribution in [-0.4, -0.2) is 14.9 Å². The van der Waals surface area contributed by atoms with Gasteiger partial charge in [-0.3, -0.25) is 4.68 Å². The molecule has 4 nitrogen and oxygen atoms in total. The second-order valence-electron chi connectivity index (χ2n) is 4.29. The Morgan fingerprint density at radius 2 is 2.00 bits per heavy atom. The van der Waals surface area contributed by atoms with E-state index in [4.69, 9.17) is 4.52 Å². The Morgan fingerprint density at radius 1 is 1.24 bits per heavy atom. The topological polar surface area (TPSA) is 43.9 Å². The van der Waals surface area contributed by atoms with E-state index in [1.165, 1.54) is 5.69 Å². The summed E-state index contributed by atoms with van der Waals surface area (Å²) in [7, 11) is 0. The van der Waals surface area contributed by atoms with Crippen LogP contribution in [-0.2, 0) is 19.4 Å². The van der Waals surface area contributed by atoms with Gasteiger partial charge in [0.2, 0.25) is 0 Å². The van der Waals surface area contributed by atoms with Crippen LogP contribution in [0.1, 0.15) is 42.3 Å². The Morgan fingerprint density at radius 3 is 2.53 bits per heavy atom. The van der Waals surface area contributed by atoms with Crippen molar-refractivity contribution in [1.29, 1.82) is 0 Å². The first-order chi connectivity index (χ1) is 8.15. The fourth-order valence-corrected chi connectivity index (χ4v) is 1.99. The quantitative estimate of drug-likeness (QED) is 0.815. The smallest absolute Gasteiger partial charge is 0.138 e. The summed E-state index contributed by atoms with van der Waals surface area (Å²) < 4.78 is 7.24. The monoisotopic (exact) mass is 233 g/mol. The minimum absolute atomic E-state index is 0.754. The molecule has 0 radical (unpaired) electrons. The van der Waals surface area contributed by atoms with Gasteiger partial charge in [0, 0.05) is 11.3 Å². The van der Waals surface area contributed by atoms with Crippen molar-refractivity contribution in [3.05, 3.63) is 34.5 Å². The van der Waals surface area contributed by atoms with Crippen LogP contribution in [0.15, 0.2) is 10.6 Å². The van der Waals surface area contributed by atoms with E-state index in [0.717, 1.165) is 42.1 Å². The molecule has 0 spiro atoms. The highest BCUT2D eigenvalue weighted by atomic mass is 16.5. The molecule has 0 saturated heterocycles. The van der Waals surface area contributed by atoms with Gasteiger partial charge in [-0.1, -0.05) is 19.0 Å². The Bertz CT molecular complexity index is 491. The molecule has 2 heterocycles. The summed E-state index contributed by atoms with van der Waals surface area (Å²) in [4.78, 5) is 0. The van der Waals surface area contributed by atoms with Crippen LogP contribution in [0, 0.1) is 13.8 Å². The molecule has 2 aromatic rings. The van der Waals surface area contributed by atoms with Crippen molar-refractivity contribution in [2.24, 2.45) is 0 Å². The number of aromatic nitrogens is 3. The molecule has 0 fully saturated rings. The molecule has 0 aliphatic rings. The Hall–Kier alpha value is -1.58. The maximum absolute atomic E-state index is 5.18. The summed E-state index contributed by atoms with van der Waals surface area (Å²) >= 11 is 0. The number of aryl methyl sites for hydroxylation is 4. The average Bonchev–Trinajstić information content (AvgIpc) is 2.87. The molecular formula is C13H19N3O. The molecule has 0 aliphatic heterocycles. The van der Waals surface area contributed by atoms with Gasteiger partial charge in [0.1, 0.15) is 5.76 Å². The first-order valence-electron chi connectivity index (χ1n) is 6.13. The van der Waals surface area contributed by atoms with Crippen molar-refractivity contribution in [3.63, 3.8) is 0 Å². The molecule has 17 heavy (non-hydrogen) atoms. The molecule has 4 heteroatoms. The van der Waals surface area contributed by atoms with Crippen LogP contribution in [0.25, 0.3) is 0 Å². The SMILES string of the molecule is CCc1cc(CC)n(Cc2c(C)noc2C)n1. The summed E-state index contributed by atoms with van der Waals surface area (Å²) in [5.41, 5.74) is 4.51. The van der Waals surface area contributed by atoms with Crippen molar-refractivity contribution in [2.75, 3.05) is 0 Å². The number of rotatable bonds is 4. The van der Waals surface area contributed by atoms with Gasteiger partial charge in [0.25, 0.3) is 0 Å². The van der Waals surface area contributed by atoms with E-state index in [0.29, 0.717) is 0 Å². The second kappa shape index (κ2) is 4.73. The van der Waals surface area contributed by atoms with Crippen LogP contribution in [0.3, 0.4) is 0 Å². The lowest BCUT2D eigenvalue weighted by Gasteiger charge is -2.05. The lowest BCUT2D eigenvalue weighted by molar-refractivity contribution is 0.391. The van der Waals surface area contributed by atoms with Gasteiger partial charge < -0.3 is 4.52 Å². The van der Waals surface area contributed by atoms with E-state index in [1.807, 2.05) is 13.8 Å².